The zero-order valence-corrected chi connectivity index (χ0v) is 17.5. The van der Waals surface area contributed by atoms with Crippen LogP contribution in [0.25, 0.3) is 0 Å². The first kappa shape index (κ1) is 20.5. The average Bonchev–Trinajstić information content (AvgIpc) is 3.27. The normalized spacial score (nSPS) is 17.6. The summed E-state index contributed by atoms with van der Waals surface area (Å²) in [5.41, 5.74) is 2.24. The molecule has 2 N–H and O–H groups in total. The minimum absolute atomic E-state index is 0.0669. The van der Waals surface area contributed by atoms with Gasteiger partial charge in [0.2, 0.25) is 6.79 Å². The Morgan fingerprint density at radius 3 is 2.77 bits per heavy atom. The summed E-state index contributed by atoms with van der Waals surface area (Å²) in [5, 5.41) is 6.80. The molecule has 160 valence electrons. The van der Waals surface area contributed by atoms with E-state index in [-0.39, 0.29) is 12.2 Å². The first-order valence-electron chi connectivity index (χ1n) is 10.7. The molecule has 0 aliphatic carbocycles. The SMILES string of the molecule is CCNC(=NCC1(c2ccc3c(c2)OCO3)CCOCC1)NCCc1ccccn1. The van der Waals surface area contributed by atoms with Crippen molar-refractivity contribution < 1.29 is 14.2 Å². The van der Waals surface area contributed by atoms with Gasteiger partial charge < -0.3 is 24.8 Å². The lowest BCUT2D eigenvalue weighted by Crippen LogP contribution is -2.41. The number of hydrogen-bond acceptors (Lipinski definition) is 5. The van der Waals surface area contributed by atoms with Crippen LogP contribution >= 0.6 is 0 Å². The highest BCUT2D eigenvalue weighted by atomic mass is 16.7. The second-order valence-corrected chi connectivity index (χ2v) is 7.65. The predicted molar refractivity (Wildman–Crippen MR) is 116 cm³/mol. The van der Waals surface area contributed by atoms with Gasteiger partial charge in [-0.05, 0) is 49.6 Å². The Morgan fingerprint density at radius 2 is 1.97 bits per heavy atom. The molecule has 0 spiro atoms. The van der Waals surface area contributed by atoms with Crippen LogP contribution in [-0.2, 0) is 16.6 Å². The second-order valence-electron chi connectivity index (χ2n) is 7.65. The van der Waals surface area contributed by atoms with Crippen molar-refractivity contribution in [2.24, 2.45) is 4.99 Å². The largest absolute Gasteiger partial charge is 0.454 e. The summed E-state index contributed by atoms with van der Waals surface area (Å²) in [4.78, 5) is 9.34. The summed E-state index contributed by atoms with van der Waals surface area (Å²) in [6.07, 6.45) is 4.55. The zero-order chi connectivity index (χ0) is 20.7. The smallest absolute Gasteiger partial charge is 0.231 e. The third-order valence-corrected chi connectivity index (χ3v) is 5.72. The number of ether oxygens (including phenoxy) is 3. The Kier molecular flexibility index (Phi) is 6.69. The minimum atomic E-state index is -0.0669. The number of benzene rings is 1. The van der Waals surface area contributed by atoms with Crippen LogP contribution in [0, 0.1) is 0 Å². The molecule has 0 bridgehead atoms. The predicted octanol–water partition coefficient (Wildman–Crippen LogP) is 2.66. The van der Waals surface area contributed by atoms with Gasteiger partial charge in [-0.1, -0.05) is 12.1 Å². The molecule has 0 saturated carbocycles. The van der Waals surface area contributed by atoms with E-state index < -0.39 is 0 Å². The summed E-state index contributed by atoms with van der Waals surface area (Å²) >= 11 is 0. The Morgan fingerprint density at radius 1 is 1.10 bits per heavy atom. The maximum absolute atomic E-state index is 5.66. The quantitative estimate of drug-likeness (QED) is 0.540. The molecule has 0 radical (unpaired) electrons. The lowest BCUT2D eigenvalue weighted by atomic mass is 9.74. The third kappa shape index (κ3) is 4.84. The fraction of sp³-hybridized carbons (Fsp3) is 0.478. The van der Waals surface area contributed by atoms with Crippen LogP contribution < -0.4 is 20.1 Å². The van der Waals surface area contributed by atoms with Gasteiger partial charge in [0.25, 0.3) is 0 Å². The van der Waals surface area contributed by atoms with E-state index in [9.17, 15) is 0 Å². The Bertz CT molecular complexity index is 851. The Hall–Kier alpha value is -2.80. The molecule has 2 aromatic rings. The van der Waals surface area contributed by atoms with Gasteiger partial charge in [-0.15, -0.1) is 0 Å². The van der Waals surface area contributed by atoms with E-state index in [0.717, 1.165) is 68.7 Å². The van der Waals surface area contributed by atoms with Crippen molar-refractivity contribution in [3.05, 3.63) is 53.9 Å². The standard InChI is InChI=1S/C23H30N4O3/c1-2-24-22(26-12-8-19-5-3-4-11-25-19)27-16-23(9-13-28-14-10-23)18-6-7-20-21(15-18)30-17-29-20/h3-7,11,15H,2,8-10,12-14,16-17H2,1H3,(H2,24,26,27). The van der Waals surface area contributed by atoms with Gasteiger partial charge >= 0.3 is 0 Å². The molecule has 1 aromatic heterocycles. The molecule has 0 atom stereocenters. The molecule has 3 heterocycles. The van der Waals surface area contributed by atoms with Crippen molar-refractivity contribution in [3.63, 3.8) is 0 Å². The number of hydrogen-bond donors (Lipinski definition) is 2. The molecule has 30 heavy (non-hydrogen) atoms. The van der Waals surface area contributed by atoms with E-state index in [1.54, 1.807) is 0 Å². The van der Waals surface area contributed by atoms with Crippen molar-refractivity contribution in [2.75, 3.05) is 39.6 Å². The Balaban J connectivity index is 1.47. The van der Waals surface area contributed by atoms with Gasteiger partial charge in [-0.2, -0.15) is 0 Å². The first-order chi connectivity index (χ1) is 14.8. The van der Waals surface area contributed by atoms with Gasteiger partial charge in [0.05, 0.1) is 6.54 Å². The van der Waals surface area contributed by atoms with E-state index >= 15 is 0 Å². The third-order valence-electron chi connectivity index (χ3n) is 5.72. The summed E-state index contributed by atoms with van der Waals surface area (Å²) < 4.78 is 16.8. The maximum Gasteiger partial charge on any atom is 0.231 e. The molecule has 4 rings (SSSR count). The molecule has 1 aromatic carbocycles. The fourth-order valence-electron chi connectivity index (χ4n) is 3.95. The van der Waals surface area contributed by atoms with E-state index in [0.29, 0.717) is 6.54 Å². The number of nitrogens with zero attached hydrogens (tertiary/aromatic N) is 2. The van der Waals surface area contributed by atoms with Crippen LogP contribution in [0.2, 0.25) is 0 Å². The molecule has 7 nitrogen and oxygen atoms in total. The van der Waals surface area contributed by atoms with Gasteiger partial charge in [-0.3, -0.25) is 9.98 Å². The van der Waals surface area contributed by atoms with Gasteiger partial charge in [0.1, 0.15) is 0 Å². The lowest BCUT2D eigenvalue weighted by Gasteiger charge is -2.36. The summed E-state index contributed by atoms with van der Waals surface area (Å²) in [5.74, 6) is 2.47. The number of fused-ring (bicyclic) bond motifs is 1. The monoisotopic (exact) mass is 410 g/mol. The fourth-order valence-corrected chi connectivity index (χ4v) is 3.95. The maximum atomic E-state index is 5.66. The number of nitrogens with one attached hydrogen (secondary N) is 2. The van der Waals surface area contributed by atoms with Crippen LogP contribution in [-0.4, -0.2) is 50.6 Å². The van der Waals surface area contributed by atoms with Crippen molar-refractivity contribution in [1.29, 1.82) is 0 Å². The van der Waals surface area contributed by atoms with Crippen LogP contribution in [0.15, 0.2) is 47.6 Å². The van der Waals surface area contributed by atoms with Crippen molar-refractivity contribution in [2.45, 2.75) is 31.6 Å². The molecule has 2 aliphatic heterocycles. The molecule has 7 heteroatoms. The van der Waals surface area contributed by atoms with Crippen LogP contribution in [0.3, 0.4) is 0 Å². The van der Waals surface area contributed by atoms with Gasteiger partial charge in [-0.25, -0.2) is 0 Å². The molecule has 2 aliphatic rings. The minimum Gasteiger partial charge on any atom is -0.454 e. The van der Waals surface area contributed by atoms with Gasteiger partial charge in [0, 0.05) is 50.0 Å². The topological polar surface area (TPSA) is 77.0 Å². The summed E-state index contributed by atoms with van der Waals surface area (Å²) in [6.45, 7) is 6.14. The van der Waals surface area contributed by atoms with Crippen molar-refractivity contribution in [1.82, 2.24) is 15.6 Å². The molecule has 1 saturated heterocycles. The van der Waals surface area contributed by atoms with Crippen LogP contribution in [0.4, 0.5) is 0 Å². The van der Waals surface area contributed by atoms with Crippen molar-refractivity contribution >= 4 is 5.96 Å². The molecule has 1 fully saturated rings. The molecular formula is C23H30N4O3. The molecule has 0 amide bonds. The number of guanidine groups is 1. The Labute approximate surface area is 177 Å². The molecular weight excluding hydrogens is 380 g/mol. The van der Waals surface area contributed by atoms with E-state index in [4.69, 9.17) is 19.2 Å². The summed E-state index contributed by atoms with van der Waals surface area (Å²) in [6, 6.07) is 12.3. The van der Waals surface area contributed by atoms with E-state index in [1.165, 1.54) is 5.56 Å². The number of aromatic nitrogens is 1. The van der Waals surface area contributed by atoms with Gasteiger partial charge in [0.15, 0.2) is 17.5 Å². The van der Waals surface area contributed by atoms with Crippen LogP contribution in [0.1, 0.15) is 31.0 Å². The highest BCUT2D eigenvalue weighted by Crippen LogP contribution is 2.41. The van der Waals surface area contributed by atoms with Crippen molar-refractivity contribution in [3.8, 4) is 11.5 Å². The zero-order valence-electron chi connectivity index (χ0n) is 17.5. The first-order valence-corrected chi connectivity index (χ1v) is 10.7. The highest BCUT2D eigenvalue weighted by Gasteiger charge is 2.35. The van der Waals surface area contributed by atoms with Crippen LogP contribution in [0.5, 0.6) is 11.5 Å². The van der Waals surface area contributed by atoms with E-state index in [2.05, 4.69) is 34.7 Å². The highest BCUT2D eigenvalue weighted by molar-refractivity contribution is 5.79. The number of aliphatic imine (C=N–C) groups is 1. The number of rotatable bonds is 7. The van der Waals surface area contributed by atoms with E-state index in [1.807, 2.05) is 30.5 Å². The molecule has 0 unspecified atom stereocenters. The number of pyridine rings is 1. The average molecular weight is 411 g/mol. The lowest BCUT2D eigenvalue weighted by molar-refractivity contribution is 0.0530. The second kappa shape index (κ2) is 9.80. The summed E-state index contributed by atoms with van der Waals surface area (Å²) in [7, 11) is 0.